The molecule has 1 atom stereocenters. The van der Waals surface area contributed by atoms with E-state index >= 15 is 0 Å². The van der Waals surface area contributed by atoms with Gasteiger partial charge in [-0.2, -0.15) is 0 Å². The highest BCUT2D eigenvalue weighted by molar-refractivity contribution is 9.11. The van der Waals surface area contributed by atoms with Crippen LogP contribution in [0.3, 0.4) is 0 Å². The van der Waals surface area contributed by atoms with Crippen molar-refractivity contribution in [3.8, 4) is 0 Å². The summed E-state index contributed by atoms with van der Waals surface area (Å²) in [5.74, 6) is -1.82. The van der Waals surface area contributed by atoms with E-state index < -0.39 is 11.6 Å². The van der Waals surface area contributed by atoms with Gasteiger partial charge in [-0.15, -0.1) is 11.3 Å². The van der Waals surface area contributed by atoms with Crippen LogP contribution in [0.5, 0.6) is 0 Å². The Labute approximate surface area is 134 Å². The van der Waals surface area contributed by atoms with Gasteiger partial charge in [0, 0.05) is 5.02 Å². The summed E-state index contributed by atoms with van der Waals surface area (Å²) in [5, 5.41) is 5.50. The van der Waals surface area contributed by atoms with Gasteiger partial charge in [0.05, 0.1) is 9.83 Å². The molecule has 0 radical (unpaired) electrons. The normalized spacial score (nSPS) is 12.7. The van der Waals surface area contributed by atoms with Crippen LogP contribution in [0.1, 0.15) is 30.5 Å². The standard InChI is InChI=1S/C14H13BrClF2NS/c1-2-3-19-14(8-4-13(15)20-7-8)9-5-11(17)12(18)6-10(9)16/h4-7,14,19H,2-3H2,1H3. The van der Waals surface area contributed by atoms with Crippen molar-refractivity contribution < 1.29 is 8.78 Å². The second kappa shape index (κ2) is 6.98. The quantitative estimate of drug-likeness (QED) is 0.672. The highest BCUT2D eigenvalue weighted by Gasteiger charge is 2.20. The molecule has 1 heterocycles. The first-order valence-corrected chi connectivity index (χ1v) is 8.19. The Bertz CT molecular complexity index is 603. The summed E-state index contributed by atoms with van der Waals surface area (Å²) < 4.78 is 27.7. The Balaban J connectivity index is 2.43. The summed E-state index contributed by atoms with van der Waals surface area (Å²) in [6.45, 7) is 2.80. The van der Waals surface area contributed by atoms with Crippen LogP contribution in [-0.4, -0.2) is 6.54 Å². The molecule has 0 aliphatic heterocycles. The SMILES string of the molecule is CCCNC(c1csc(Br)c1)c1cc(F)c(F)cc1Cl. The first kappa shape index (κ1) is 15.9. The minimum Gasteiger partial charge on any atom is -0.306 e. The lowest BCUT2D eigenvalue weighted by molar-refractivity contribution is 0.503. The number of rotatable bonds is 5. The average molecular weight is 381 g/mol. The molecular formula is C14H13BrClF2NS. The summed E-state index contributed by atoms with van der Waals surface area (Å²) >= 11 is 11.0. The van der Waals surface area contributed by atoms with Crippen molar-refractivity contribution in [2.75, 3.05) is 6.54 Å². The third-order valence-corrected chi connectivity index (χ3v) is 4.72. The topological polar surface area (TPSA) is 12.0 Å². The van der Waals surface area contributed by atoms with Gasteiger partial charge in [0.25, 0.3) is 0 Å². The molecule has 2 rings (SSSR count). The van der Waals surface area contributed by atoms with Gasteiger partial charge in [-0.1, -0.05) is 18.5 Å². The molecule has 6 heteroatoms. The lowest BCUT2D eigenvalue weighted by atomic mass is 10.0. The first-order chi connectivity index (χ1) is 9.52. The minimum absolute atomic E-state index is 0.222. The molecule has 0 aliphatic rings. The zero-order valence-corrected chi connectivity index (χ0v) is 13.9. The number of thiophene rings is 1. The van der Waals surface area contributed by atoms with Crippen LogP contribution in [0.2, 0.25) is 5.02 Å². The van der Waals surface area contributed by atoms with Crippen molar-refractivity contribution >= 4 is 38.9 Å². The molecule has 0 amide bonds. The van der Waals surface area contributed by atoms with E-state index in [1.165, 1.54) is 11.3 Å². The lowest BCUT2D eigenvalue weighted by Crippen LogP contribution is -2.23. The Kier molecular flexibility index (Phi) is 5.55. The monoisotopic (exact) mass is 379 g/mol. The van der Waals surface area contributed by atoms with Crippen LogP contribution in [0.4, 0.5) is 8.78 Å². The predicted molar refractivity (Wildman–Crippen MR) is 83.5 cm³/mol. The zero-order chi connectivity index (χ0) is 14.7. The minimum atomic E-state index is -0.931. The molecule has 1 unspecified atom stereocenters. The van der Waals surface area contributed by atoms with Crippen LogP contribution < -0.4 is 5.32 Å². The van der Waals surface area contributed by atoms with E-state index in [2.05, 4.69) is 21.2 Å². The fourth-order valence-electron chi connectivity index (χ4n) is 1.93. The van der Waals surface area contributed by atoms with Crippen molar-refractivity contribution in [3.63, 3.8) is 0 Å². The van der Waals surface area contributed by atoms with Crippen LogP contribution >= 0.6 is 38.9 Å². The van der Waals surface area contributed by atoms with E-state index in [0.717, 1.165) is 34.4 Å². The third-order valence-electron chi connectivity index (χ3n) is 2.87. The molecular weight excluding hydrogens is 368 g/mol. The van der Waals surface area contributed by atoms with Crippen molar-refractivity contribution in [2.24, 2.45) is 0 Å². The molecule has 1 N–H and O–H groups in total. The number of nitrogens with one attached hydrogen (secondary N) is 1. The van der Waals surface area contributed by atoms with Gasteiger partial charge in [0.2, 0.25) is 0 Å². The van der Waals surface area contributed by atoms with Crippen molar-refractivity contribution in [1.82, 2.24) is 5.32 Å². The van der Waals surface area contributed by atoms with Crippen molar-refractivity contribution in [1.29, 1.82) is 0 Å². The largest absolute Gasteiger partial charge is 0.306 e. The highest BCUT2D eigenvalue weighted by atomic mass is 79.9. The van der Waals surface area contributed by atoms with Crippen molar-refractivity contribution in [2.45, 2.75) is 19.4 Å². The van der Waals surface area contributed by atoms with Gasteiger partial charge >= 0.3 is 0 Å². The van der Waals surface area contributed by atoms with Crippen LogP contribution in [0, 0.1) is 11.6 Å². The number of benzene rings is 1. The van der Waals surface area contributed by atoms with E-state index in [9.17, 15) is 8.78 Å². The molecule has 20 heavy (non-hydrogen) atoms. The van der Waals surface area contributed by atoms with Gasteiger partial charge < -0.3 is 5.32 Å². The Morgan fingerprint density at radius 1 is 1.30 bits per heavy atom. The van der Waals surface area contributed by atoms with E-state index in [1.807, 2.05) is 18.4 Å². The van der Waals surface area contributed by atoms with E-state index in [1.54, 1.807) is 0 Å². The summed E-state index contributed by atoms with van der Waals surface area (Å²) in [5.41, 5.74) is 1.52. The molecule has 0 fully saturated rings. The summed E-state index contributed by atoms with van der Waals surface area (Å²) in [4.78, 5) is 0. The molecule has 0 saturated carbocycles. The Morgan fingerprint density at radius 3 is 2.60 bits per heavy atom. The van der Waals surface area contributed by atoms with Crippen LogP contribution in [0.25, 0.3) is 0 Å². The second-order valence-electron chi connectivity index (χ2n) is 4.36. The summed E-state index contributed by atoms with van der Waals surface area (Å²) in [6, 6.07) is 3.89. The molecule has 1 aromatic carbocycles. The molecule has 2 aromatic rings. The lowest BCUT2D eigenvalue weighted by Gasteiger charge is -2.19. The summed E-state index contributed by atoms with van der Waals surface area (Å²) in [6.07, 6.45) is 0.934. The molecule has 0 bridgehead atoms. The van der Waals surface area contributed by atoms with Gasteiger partial charge in [0.15, 0.2) is 11.6 Å². The van der Waals surface area contributed by atoms with Gasteiger partial charge in [-0.25, -0.2) is 8.78 Å². The number of hydrogen-bond acceptors (Lipinski definition) is 2. The van der Waals surface area contributed by atoms with Gasteiger partial charge in [0.1, 0.15) is 0 Å². The maximum atomic E-state index is 13.5. The zero-order valence-electron chi connectivity index (χ0n) is 10.7. The van der Waals surface area contributed by atoms with Gasteiger partial charge in [-0.3, -0.25) is 0 Å². The van der Waals surface area contributed by atoms with Crippen molar-refractivity contribution in [3.05, 3.63) is 55.1 Å². The third kappa shape index (κ3) is 3.58. The smallest absolute Gasteiger partial charge is 0.160 e. The van der Waals surface area contributed by atoms with Crippen LogP contribution in [-0.2, 0) is 0 Å². The van der Waals surface area contributed by atoms with E-state index in [4.69, 9.17) is 11.6 Å². The molecule has 1 nitrogen and oxygen atoms in total. The number of hydrogen-bond donors (Lipinski definition) is 1. The number of halogens is 4. The van der Waals surface area contributed by atoms with Gasteiger partial charge in [-0.05, 0) is 63.6 Å². The van der Waals surface area contributed by atoms with E-state index in [0.29, 0.717) is 5.56 Å². The molecule has 0 aliphatic carbocycles. The fourth-order valence-corrected chi connectivity index (χ4v) is 3.39. The molecule has 1 aromatic heterocycles. The molecule has 108 valence electrons. The van der Waals surface area contributed by atoms with E-state index in [-0.39, 0.29) is 11.1 Å². The average Bonchev–Trinajstić information content (AvgIpc) is 2.82. The maximum Gasteiger partial charge on any atom is 0.160 e. The highest BCUT2D eigenvalue weighted by Crippen LogP contribution is 2.33. The fraction of sp³-hybridized carbons (Fsp3) is 0.286. The Hall–Kier alpha value is -0.490. The second-order valence-corrected chi connectivity index (χ2v) is 7.06. The van der Waals surface area contributed by atoms with Crippen LogP contribution in [0.15, 0.2) is 27.4 Å². The molecule has 0 spiro atoms. The first-order valence-electron chi connectivity index (χ1n) is 6.14. The summed E-state index contributed by atoms with van der Waals surface area (Å²) in [7, 11) is 0. The molecule has 0 saturated heterocycles. The Morgan fingerprint density at radius 2 is 2.00 bits per heavy atom. The maximum absolute atomic E-state index is 13.5. The predicted octanol–water partition coefficient (Wildman–Crippen LogP) is 5.53.